The monoisotopic (exact) mass is 139 g/mol. The molecule has 1 fully saturated rings. The molecule has 1 aliphatic rings. The third-order valence-electron chi connectivity index (χ3n) is 2.78. The maximum Gasteiger partial charge on any atom is 0.0227 e. The van der Waals surface area contributed by atoms with Crippen LogP contribution in [0.5, 0.6) is 0 Å². The molecule has 1 heteroatoms. The Kier molecular flexibility index (Phi) is 1.63. The minimum atomic E-state index is 0.0464. The third kappa shape index (κ3) is 0.891. The molecule has 0 aromatic heterocycles. The van der Waals surface area contributed by atoms with Gasteiger partial charge in [0.1, 0.15) is 0 Å². The van der Waals surface area contributed by atoms with Crippen LogP contribution in [0.15, 0.2) is 12.7 Å². The molecule has 1 aliphatic carbocycles. The normalized spacial score (nSPS) is 45.1. The SMILES string of the molecule is C=CC1(CCC)CC1(C)N. The summed E-state index contributed by atoms with van der Waals surface area (Å²) in [6, 6.07) is 0. The number of hydrogen-bond acceptors (Lipinski definition) is 1. The summed E-state index contributed by atoms with van der Waals surface area (Å²) in [7, 11) is 0. The Hall–Kier alpha value is -0.300. The van der Waals surface area contributed by atoms with Crippen molar-refractivity contribution < 1.29 is 0 Å². The number of hydrogen-bond donors (Lipinski definition) is 1. The van der Waals surface area contributed by atoms with Gasteiger partial charge in [-0.05, 0) is 19.8 Å². The van der Waals surface area contributed by atoms with Crippen molar-refractivity contribution in [3.05, 3.63) is 12.7 Å². The van der Waals surface area contributed by atoms with Gasteiger partial charge in [0.05, 0.1) is 0 Å². The molecule has 0 amide bonds. The summed E-state index contributed by atoms with van der Waals surface area (Å²) in [5, 5.41) is 0. The standard InChI is InChI=1S/C9H17N/c1-4-6-9(5-2)7-8(9,3)10/h5H,2,4,6-7,10H2,1,3H3. The van der Waals surface area contributed by atoms with Crippen molar-refractivity contribution in [1.82, 2.24) is 0 Å². The van der Waals surface area contributed by atoms with Gasteiger partial charge < -0.3 is 5.73 Å². The summed E-state index contributed by atoms with van der Waals surface area (Å²) < 4.78 is 0. The van der Waals surface area contributed by atoms with E-state index in [-0.39, 0.29) is 11.0 Å². The Bertz CT molecular complexity index is 149. The molecule has 0 bridgehead atoms. The lowest BCUT2D eigenvalue weighted by atomic mass is 9.96. The van der Waals surface area contributed by atoms with Crippen molar-refractivity contribution in [2.45, 2.75) is 38.6 Å². The molecule has 0 aromatic rings. The molecule has 58 valence electrons. The maximum atomic E-state index is 5.97. The van der Waals surface area contributed by atoms with Crippen molar-refractivity contribution in [3.63, 3.8) is 0 Å². The summed E-state index contributed by atoms with van der Waals surface area (Å²) in [4.78, 5) is 0. The van der Waals surface area contributed by atoms with E-state index in [0.29, 0.717) is 0 Å². The number of rotatable bonds is 3. The molecular formula is C9H17N. The van der Waals surface area contributed by atoms with Crippen molar-refractivity contribution in [2.24, 2.45) is 11.1 Å². The highest BCUT2D eigenvalue weighted by atomic mass is 14.9. The van der Waals surface area contributed by atoms with Crippen LogP contribution in [0.2, 0.25) is 0 Å². The van der Waals surface area contributed by atoms with Crippen LogP contribution >= 0.6 is 0 Å². The van der Waals surface area contributed by atoms with Gasteiger partial charge in [0.15, 0.2) is 0 Å². The van der Waals surface area contributed by atoms with Gasteiger partial charge in [-0.15, -0.1) is 6.58 Å². The van der Waals surface area contributed by atoms with Crippen molar-refractivity contribution >= 4 is 0 Å². The van der Waals surface area contributed by atoms with E-state index in [1.54, 1.807) is 0 Å². The molecule has 2 unspecified atom stereocenters. The summed E-state index contributed by atoms with van der Waals surface area (Å²) in [5.41, 5.74) is 6.30. The number of nitrogens with two attached hydrogens (primary N) is 1. The first kappa shape index (κ1) is 7.80. The van der Waals surface area contributed by atoms with Crippen molar-refractivity contribution in [3.8, 4) is 0 Å². The summed E-state index contributed by atoms with van der Waals surface area (Å²) in [6.07, 6.45) is 5.57. The second kappa shape index (κ2) is 2.09. The predicted molar refractivity (Wildman–Crippen MR) is 44.7 cm³/mol. The van der Waals surface area contributed by atoms with E-state index < -0.39 is 0 Å². The zero-order valence-electron chi connectivity index (χ0n) is 6.98. The Morgan fingerprint density at radius 1 is 1.70 bits per heavy atom. The van der Waals surface area contributed by atoms with E-state index in [4.69, 9.17) is 5.73 Å². The molecule has 0 aliphatic heterocycles. The van der Waals surface area contributed by atoms with Crippen LogP contribution in [-0.4, -0.2) is 5.54 Å². The van der Waals surface area contributed by atoms with Crippen LogP contribution in [0.3, 0.4) is 0 Å². The largest absolute Gasteiger partial charge is 0.325 e. The van der Waals surface area contributed by atoms with Crippen LogP contribution < -0.4 is 5.73 Å². The Labute approximate surface area is 63.3 Å². The molecular weight excluding hydrogens is 122 g/mol. The molecule has 0 saturated heterocycles. The Morgan fingerprint density at radius 2 is 2.20 bits per heavy atom. The van der Waals surface area contributed by atoms with E-state index >= 15 is 0 Å². The van der Waals surface area contributed by atoms with Crippen LogP contribution in [0, 0.1) is 5.41 Å². The molecule has 0 radical (unpaired) electrons. The first-order valence-electron chi connectivity index (χ1n) is 4.00. The second-order valence-electron chi connectivity index (χ2n) is 3.70. The first-order valence-corrected chi connectivity index (χ1v) is 4.00. The summed E-state index contributed by atoms with van der Waals surface area (Å²) in [5.74, 6) is 0. The maximum absolute atomic E-state index is 5.97. The molecule has 0 heterocycles. The third-order valence-corrected chi connectivity index (χ3v) is 2.78. The lowest BCUT2D eigenvalue weighted by Gasteiger charge is -2.13. The lowest BCUT2D eigenvalue weighted by molar-refractivity contribution is 0.486. The van der Waals surface area contributed by atoms with Gasteiger partial charge >= 0.3 is 0 Å². The van der Waals surface area contributed by atoms with Gasteiger partial charge in [0.25, 0.3) is 0 Å². The fourth-order valence-electron chi connectivity index (χ4n) is 1.84. The first-order chi connectivity index (χ1) is 4.58. The van der Waals surface area contributed by atoms with Crippen molar-refractivity contribution in [2.75, 3.05) is 0 Å². The average molecular weight is 139 g/mol. The minimum Gasteiger partial charge on any atom is -0.325 e. The van der Waals surface area contributed by atoms with Gasteiger partial charge in [-0.1, -0.05) is 19.4 Å². The van der Waals surface area contributed by atoms with E-state index in [9.17, 15) is 0 Å². The Morgan fingerprint density at radius 3 is 2.30 bits per heavy atom. The van der Waals surface area contributed by atoms with E-state index in [2.05, 4.69) is 20.4 Å². The fourth-order valence-corrected chi connectivity index (χ4v) is 1.84. The minimum absolute atomic E-state index is 0.0464. The smallest absolute Gasteiger partial charge is 0.0227 e. The average Bonchev–Trinajstić information content (AvgIpc) is 2.37. The van der Waals surface area contributed by atoms with Gasteiger partial charge in [0.2, 0.25) is 0 Å². The van der Waals surface area contributed by atoms with E-state index in [0.717, 1.165) is 6.42 Å². The van der Waals surface area contributed by atoms with Gasteiger partial charge in [-0.2, -0.15) is 0 Å². The van der Waals surface area contributed by atoms with Crippen molar-refractivity contribution in [1.29, 1.82) is 0 Å². The van der Waals surface area contributed by atoms with Crippen LogP contribution in [0.4, 0.5) is 0 Å². The highest BCUT2D eigenvalue weighted by Crippen LogP contribution is 2.58. The quantitative estimate of drug-likeness (QED) is 0.595. The second-order valence-corrected chi connectivity index (χ2v) is 3.70. The van der Waals surface area contributed by atoms with Gasteiger partial charge in [-0.25, -0.2) is 0 Å². The topological polar surface area (TPSA) is 26.0 Å². The molecule has 2 atom stereocenters. The predicted octanol–water partition coefficient (Wildman–Crippen LogP) is 2.08. The highest BCUT2D eigenvalue weighted by Gasteiger charge is 2.58. The summed E-state index contributed by atoms with van der Waals surface area (Å²) >= 11 is 0. The van der Waals surface area contributed by atoms with Gasteiger partial charge in [-0.3, -0.25) is 0 Å². The molecule has 1 nitrogen and oxygen atoms in total. The highest BCUT2D eigenvalue weighted by molar-refractivity contribution is 5.24. The van der Waals surface area contributed by atoms with E-state index in [1.165, 1.54) is 12.8 Å². The van der Waals surface area contributed by atoms with Gasteiger partial charge in [0, 0.05) is 11.0 Å². The zero-order chi connectivity index (χ0) is 7.83. The molecule has 0 aromatic carbocycles. The van der Waals surface area contributed by atoms with Crippen LogP contribution in [0.1, 0.15) is 33.1 Å². The molecule has 1 rings (SSSR count). The van der Waals surface area contributed by atoms with Crippen LogP contribution in [-0.2, 0) is 0 Å². The molecule has 1 saturated carbocycles. The Balaban J connectivity index is 2.59. The van der Waals surface area contributed by atoms with E-state index in [1.807, 2.05) is 6.08 Å². The summed E-state index contributed by atoms with van der Waals surface area (Å²) in [6.45, 7) is 8.14. The fraction of sp³-hybridized carbons (Fsp3) is 0.778. The molecule has 2 N–H and O–H groups in total. The molecule has 10 heavy (non-hydrogen) atoms. The van der Waals surface area contributed by atoms with Crippen LogP contribution in [0.25, 0.3) is 0 Å². The molecule has 0 spiro atoms. The zero-order valence-corrected chi connectivity index (χ0v) is 6.98. The lowest BCUT2D eigenvalue weighted by Crippen LogP contribution is -2.25.